The van der Waals surface area contributed by atoms with Crippen molar-refractivity contribution in [1.82, 2.24) is 9.88 Å². The Morgan fingerprint density at radius 1 is 1.38 bits per heavy atom. The second-order valence-corrected chi connectivity index (χ2v) is 6.77. The van der Waals surface area contributed by atoms with E-state index in [1.165, 1.54) is 37.8 Å². The van der Waals surface area contributed by atoms with E-state index in [2.05, 4.69) is 42.8 Å². The summed E-state index contributed by atoms with van der Waals surface area (Å²) in [5.74, 6) is -0.270. The van der Waals surface area contributed by atoms with Gasteiger partial charge in [0.1, 0.15) is 11.6 Å². The number of hydrogen-bond donors (Lipinski definition) is 1. The fourth-order valence-corrected chi connectivity index (χ4v) is 3.63. The molecule has 24 heavy (non-hydrogen) atoms. The van der Waals surface area contributed by atoms with Crippen LogP contribution in [0, 0.1) is 25.2 Å². The highest BCUT2D eigenvalue weighted by molar-refractivity contribution is 6.01. The van der Waals surface area contributed by atoms with Crippen molar-refractivity contribution in [2.75, 3.05) is 6.54 Å². The number of unbranched alkanes of at least 4 members (excludes halogenated alkanes) is 1. The zero-order valence-electron chi connectivity index (χ0n) is 15.2. The third-order valence-electron chi connectivity index (χ3n) is 4.94. The van der Waals surface area contributed by atoms with Crippen molar-refractivity contribution in [1.29, 1.82) is 5.26 Å². The first-order valence-electron chi connectivity index (χ1n) is 9.17. The van der Waals surface area contributed by atoms with Crippen molar-refractivity contribution >= 4 is 12.0 Å². The number of nitriles is 1. The van der Waals surface area contributed by atoms with Crippen LogP contribution in [0.5, 0.6) is 0 Å². The summed E-state index contributed by atoms with van der Waals surface area (Å²) in [5, 5.41) is 12.2. The Bertz CT molecular complexity index is 643. The van der Waals surface area contributed by atoms with E-state index in [9.17, 15) is 10.1 Å². The molecule has 0 atom stereocenters. The Morgan fingerprint density at radius 3 is 2.71 bits per heavy atom. The molecule has 1 aliphatic rings. The van der Waals surface area contributed by atoms with Gasteiger partial charge in [-0.05, 0) is 50.8 Å². The summed E-state index contributed by atoms with van der Waals surface area (Å²) in [5.41, 5.74) is 3.55. The van der Waals surface area contributed by atoms with Gasteiger partial charge in [-0.15, -0.1) is 0 Å². The average molecular weight is 327 g/mol. The number of hydrogen-bond acceptors (Lipinski definition) is 2. The first-order chi connectivity index (χ1) is 11.6. The molecule has 1 aromatic heterocycles. The molecule has 0 unspecified atom stereocenters. The third-order valence-corrected chi connectivity index (χ3v) is 4.94. The van der Waals surface area contributed by atoms with Crippen molar-refractivity contribution in [2.24, 2.45) is 0 Å². The van der Waals surface area contributed by atoms with Crippen molar-refractivity contribution in [3.05, 3.63) is 28.6 Å². The van der Waals surface area contributed by atoms with E-state index in [0.29, 0.717) is 12.6 Å². The van der Waals surface area contributed by atoms with Gasteiger partial charge < -0.3 is 9.88 Å². The summed E-state index contributed by atoms with van der Waals surface area (Å²) in [6, 6.07) is 4.71. The quantitative estimate of drug-likeness (QED) is 0.477. The molecule has 1 aliphatic carbocycles. The third kappa shape index (κ3) is 4.29. The predicted molar refractivity (Wildman–Crippen MR) is 97.5 cm³/mol. The molecule has 4 heteroatoms. The molecule has 2 rings (SSSR count). The standard InChI is InChI=1S/C20H29N3O/c1-4-5-11-22-20(24)18(14-21)13-17-12-15(2)23(16(17)3)19-9-7-6-8-10-19/h12-13,19H,4-11H2,1-3H3,(H,22,24)/b18-13+. The minimum Gasteiger partial charge on any atom is -0.351 e. The van der Waals surface area contributed by atoms with E-state index in [1.54, 1.807) is 6.08 Å². The van der Waals surface area contributed by atoms with Gasteiger partial charge in [0.05, 0.1) is 0 Å². The van der Waals surface area contributed by atoms with E-state index in [0.717, 1.165) is 24.1 Å². The number of aromatic nitrogens is 1. The van der Waals surface area contributed by atoms with Gasteiger partial charge in [-0.25, -0.2) is 0 Å². The van der Waals surface area contributed by atoms with Crippen molar-refractivity contribution in [2.45, 2.75) is 71.8 Å². The van der Waals surface area contributed by atoms with Gasteiger partial charge in [-0.3, -0.25) is 4.79 Å². The molecular weight excluding hydrogens is 298 g/mol. The normalized spacial score (nSPS) is 16.0. The number of amides is 1. The monoisotopic (exact) mass is 327 g/mol. The van der Waals surface area contributed by atoms with Crippen LogP contribution in [0.3, 0.4) is 0 Å². The molecule has 0 aliphatic heterocycles. The van der Waals surface area contributed by atoms with E-state index < -0.39 is 0 Å². The Labute approximate surface area is 145 Å². The molecule has 0 radical (unpaired) electrons. The number of carbonyl (C=O) groups excluding carboxylic acids is 1. The lowest BCUT2D eigenvalue weighted by Gasteiger charge is -2.26. The Balaban J connectivity index is 2.21. The fraction of sp³-hybridized carbons (Fsp3) is 0.600. The highest BCUT2D eigenvalue weighted by Crippen LogP contribution is 2.32. The molecule has 1 heterocycles. The number of nitrogens with one attached hydrogen (secondary N) is 1. The zero-order chi connectivity index (χ0) is 17.5. The Morgan fingerprint density at radius 2 is 2.08 bits per heavy atom. The molecule has 0 saturated heterocycles. The van der Waals surface area contributed by atoms with Crippen molar-refractivity contribution in [3.63, 3.8) is 0 Å². The van der Waals surface area contributed by atoms with Gasteiger partial charge in [0, 0.05) is 24.0 Å². The molecule has 1 aromatic rings. The first kappa shape index (κ1) is 18.3. The number of carbonyl (C=O) groups is 1. The van der Waals surface area contributed by atoms with Gasteiger partial charge >= 0.3 is 0 Å². The smallest absolute Gasteiger partial charge is 0.261 e. The Hall–Kier alpha value is -2.02. The van der Waals surface area contributed by atoms with E-state index in [4.69, 9.17) is 0 Å². The number of rotatable bonds is 6. The van der Waals surface area contributed by atoms with E-state index >= 15 is 0 Å². The van der Waals surface area contributed by atoms with Crippen LogP contribution in [0.2, 0.25) is 0 Å². The van der Waals surface area contributed by atoms with Crippen LogP contribution in [0.1, 0.15) is 74.9 Å². The minimum atomic E-state index is -0.270. The van der Waals surface area contributed by atoms with Crippen LogP contribution in [0.4, 0.5) is 0 Å². The summed E-state index contributed by atoms with van der Waals surface area (Å²) in [6.07, 6.45) is 10.0. The molecule has 4 nitrogen and oxygen atoms in total. The fourth-order valence-electron chi connectivity index (χ4n) is 3.63. The summed E-state index contributed by atoms with van der Waals surface area (Å²) in [6.45, 7) is 6.91. The van der Waals surface area contributed by atoms with Crippen LogP contribution in [0.15, 0.2) is 11.6 Å². The van der Waals surface area contributed by atoms with Gasteiger partial charge in [0.25, 0.3) is 5.91 Å². The molecular formula is C20H29N3O. The van der Waals surface area contributed by atoms with Crippen LogP contribution >= 0.6 is 0 Å². The molecule has 1 N–H and O–H groups in total. The van der Waals surface area contributed by atoms with Crippen LogP contribution in [-0.2, 0) is 4.79 Å². The maximum Gasteiger partial charge on any atom is 0.261 e. The molecule has 0 spiro atoms. The van der Waals surface area contributed by atoms with Crippen LogP contribution in [0.25, 0.3) is 6.08 Å². The van der Waals surface area contributed by atoms with Gasteiger partial charge in [-0.1, -0.05) is 32.6 Å². The predicted octanol–water partition coefficient (Wildman–Crippen LogP) is 4.43. The number of aryl methyl sites for hydroxylation is 1. The lowest BCUT2D eigenvalue weighted by Crippen LogP contribution is -2.25. The number of nitrogens with zero attached hydrogens (tertiary/aromatic N) is 2. The lowest BCUT2D eigenvalue weighted by atomic mass is 9.95. The maximum absolute atomic E-state index is 12.1. The van der Waals surface area contributed by atoms with Crippen LogP contribution in [-0.4, -0.2) is 17.0 Å². The molecule has 130 valence electrons. The summed E-state index contributed by atoms with van der Waals surface area (Å²) in [7, 11) is 0. The highest BCUT2D eigenvalue weighted by atomic mass is 16.1. The van der Waals surface area contributed by atoms with Crippen molar-refractivity contribution in [3.8, 4) is 6.07 Å². The SMILES string of the molecule is CCCCNC(=O)/C(C#N)=C/c1cc(C)n(C2CCCCC2)c1C. The summed E-state index contributed by atoms with van der Waals surface area (Å²) < 4.78 is 2.40. The topological polar surface area (TPSA) is 57.8 Å². The molecule has 1 amide bonds. The van der Waals surface area contributed by atoms with E-state index in [-0.39, 0.29) is 11.5 Å². The summed E-state index contributed by atoms with van der Waals surface area (Å²) >= 11 is 0. The van der Waals surface area contributed by atoms with Gasteiger partial charge in [0.2, 0.25) is 0 Å². The van der Waals surface area contributed by atoms with E-state index in [1.807, 2.05) is 0 Å². The molecule has 0 aromatic carbocycles. The van der Waals surface area contributed by atoms with Gasteiger partial charge in [-0.2, -0.15) is 5.26 Å². The molecule has 0 bridgehead atoms. The highest BCUT2D eigenvalue weighted by Gasteiger charge is 2.20. The lowest BCUT2D eigenvalue weighted by molar-refractivity contribution is -0.117. The Kier molecular flexibility index (Phi) is 6.66. The summed E-state index contributed by atoms with van der Waals surface area (Å²) in [4.78, 5) is 12.1. The molecule has 1 fully saturated rings. The second-order valence-electron chi connectivity index (χ2n) is 6.77. The van der Waals surface area contributed by atoms with Crippen LogP contribution < -0.4 is 5.32 Å². The second kappa shape index (κ2) is 8.73. The van der Waals surface area contributed by atoms with Crippen molar-refractivity contribution < 1.29 is 4.79 Å². The first-order valence-corrected chi connectivity index (χ1v) is 9.17. The zero-order valence-corrected chi connectivity index (χ0v) is 15.2. The molecule has 1 saturated carbocycles. The minimum absolute atomic E-state index is 0.190. The maximum atomic E-state index is 12.1. The average Bonchev–Trinajstić information content (AvgIpc) is 2.87. The van der Waals surface area contributed by atoms with Gasteiger partial charge in [0.15, 0.2) is 0 Å². The largest absolute Gasteiger partial charge is 0.351 e.